The summed E-state index contributed by atoms with van der Waals surface area (Å²) in [4.78, 5) is 24.0. The molecule has 5 heteroatoms. The maximum Gasteiger partial charge on any atom is 0.303 e. The van der Waals surface area contributed by atoms with E-state index in [1.54, 1.807) is 4.90 Å². The number of hydrogen-bond donors (Lipinski definition) is 2. The molecular weight excluding hydrogens is 208 g/mol. The largest absolute Gasteiger partial charge is 0.481 e. The van der Waals surface area contributed by atoms with Gasteiger partial charge in [-0.05, 0) is 19.4 Å². The van der Waals surface area contributed by atoms with Gasteiger partial charge in [0.25, 0.3) is 0 Å². The van der Waals surface area contributed by atoms with E-state index in [9.17, 15) is 9.59 Å². The molecule has 1 rings (SSSR count). The number of rotatable bonds is 6. The van der Waals surface area contributed by atoms with Crippen LogP contribution in [0, 0.1) is 11.8 Å². The van der Waals surface area contributed by atoms with Crippen LogP contribution in [0.5, 0.6) is 0 Å². The number of carbonyl (C=O) groups excluding carboxylic acids is 1. The van der Waals surface area contributed by atoms with Crippen LogP contribution in [0.15, 0.2) is 0 Å². The average molecular weight is 228 g/mol. The van der Waals surface area contributed by atoms with Crippen molar-refractivity contribution in [3.05, 3.63) is 0 Å². The van der Waals surface area contributed by atoms with E-state index in [0.717, 1.165) is 12.8 Å². The third-order valence-electron chi connectivity index (χ3n) is 2.99. The molecule has 1 atom stereocenters. The zero-order valence-electron chi connectivity index (χ0n) is 9.69. The molecule has 5 nitrogen and oxygen atoms in total. The van der Waals surface area contributed by atoms with E-state index in [2.05, 4.69) is 0 Å². The fourth-order valence-corrected chi connectivity index (χ4v) is 1.99. The zero-order chi connectivity index (χ0) is 12.1. The van der Waals surface area contributed by atoms with Gasteiger partial charge in [-0.25, -0.2) is 0 Å². The van der Waals surface area contributed by atoms with Gasteiger partial charge in [-0.3, -0.25) is 9.59 Å². The fourth-order valence-electron chi connectivity index (χ4n) is 1.99. The van der Waals surface area contributed by atoms with Crippen molar-refractivity contribution in [2.24, 2.45) is 17.6 Å². The average Bonchev–Trinajstić information content (AvgIpc) is 2.18. The topological polar surface area (TPSA) is 83.6 Å². The second kappa shape index (κ2) is 5.84. The van der Waals surface area contributed by atoms with Crippen LogP contribution in [0.4, 0.5) is 0 Å². The number of aliphatic carboxylic acids is 1. The number of nitrogens with zero attached hydrogens (tertiary/aromatic N) is 1. The Kier molecular flexibility index (Phi) is 4.73. The molecule has 3 N–H and O–H groups in total. The van der Waals surface area contributed by atoms with Crippen molar-refractivity contribution in [2.75, 3.05) is 19.6 Å². The van der Waals surface area contributed by atoms with Crippen molar-refractivity contribution in [2.45, 2.75) is 26.2 Å². The van der Waals surface area contributed by atoms with Crippen LogP contribution in [0.25, 0.3) is 0 Å². The van der Waals surface area contributed by atoms with Crippen LogP contribution in [-0.4, -0.2) is 41.5 Å². The molecule has 16 heavy (non-hydrogen) atoms. The van der Waals surface area contributed by atoms with Gasteiger partial charge in [0.15, 0.2) is 0 Å². The summed E-state index contributed by atoms with van der Waals surface area (Å²) in [5.41, 5.74) is 5.39. The molecule has 0 spiro atoms. The van der Waals surface area contributed by atoms with Crippen LogP contribution >= 0.6 is 0 Å². The molecule has 1 fully saturated rings. The summed E-state index contributed by atoms with van der Waals surface area (Å²) >= 11 is 0. The standard InChI is InChI=1S/C11H20N2O3/c1-8(3-2-4-12)11(16)13-6-9(7-13)5-10(14)15/h8-9H,2-7,12H2,1H3,(H,14,15). The summed E-state index contributed by atoms with van der Waals surface area (Å²) in [6, 6.07) is 0. The van der Waals surface area contributed by atoms with Gasteiger partial charge in [-0.15, -0.1) is 0 Å². The van der Waals surface area contributed by atoms with Crippen molar-refractivity contribution < 1.29 is 14.7 Å². The van der Waals surface area contributed by atoms with Gasteiger partial charge in [-0.2, -0.15) is 0 Å². The number of nitrogens with two attached hydrogens (primary N) is 1. The first-order valence-corrected chi connectivity index (χ1v) is 5.75. The highest BCUT2D eigenvalue weighted by Crippen LogP contribution is 2.22. The number of amides is 1. The Labute approximate surface area is 95.6 Å². The molecule has 0 aromatic carbocycles. The number of carboxylic acid groups (broad SMARTS) is 1. The third kappa shape index (κ3) is 3.48. The molecule has 1 saturated heterocycles. The summed E-state index contributed by atoms with van der Waals surface area (Å²) in [6.45, 7) is 3.71. The number of likely N-dealkylation sites (tertiary alicyclic amines) is 1. The number of carbonyl (C=O) groups is 2. The Bertz CT molecular complexity index is 262. The van der Waals surface area contributed by atoms with E-state index < -0.39 is 5.97 Å². The van der Waals surface area contributed by atoms with E-state index in [4.69, 9.17) is 10.8 Å². The van der Waals surface area contributed by atoms with Gasteiger partial charge in [-0.1, -0.05) is 6.92 Å². The minimum absolute atomic E-state index is 0.00864. The van der Waals surface area contributed by atoms with Crippen molar-refractivity contribution in [1.82, 2.24) is 4.90 Å². The lowest BCUT2D eigenvalue weighted by Crippen LogP contribution is -2.52. The minimum Gasteiger partial charge on any atom is -0.481 e. The van der Waals surface area contributed by atoms with E-state index in [1.165, 1.54) is 0 Å². The molecule has 1 unspecified atom stereocenters. The minimum atomic E-state index is -0.784. The fraction of sp³-hybridized carbons (Fsp3) is 0.818. The number of hydrogen-bond acceptors (Lipinski definition) is 3. The molecule has 1 aliphatic heterocycles. The highest BCUT2D eigenvalue weighted by atomic mass is 16.4. The Balaban J connectivity index is 2.23. The molecule has 0 aromatic rings. The molecule has 1 amide bonds. The predicted molar refractivity (Wildman–Crippen MR) is 59.8 cm³/mol. The summed E-state index contributed by atoms with van der Waals surface area (Å²) in [5.74, 6) is -0.499. The highest BCUT2D eigenvalue weighted by molar-refractivity contribution is 5.79. The smallest absolute Gasteiger partial charge is 0.303 e. The van der Waals surface area contributed by atoms with Crippen LogP contribution in [0.3, 0.4) is 0 Å². The summed E-state index contributed by atoms with van der Waals surface area (Å²) in [7, 11) is 0. The van der Waals surface area contributed by atoms with Crippen molar-refractivity contribution >= 4 is 11.9 Å². The van der Waals surface area contributed by atoms with Crippen LogP contribution in [0.2, 0.25) is 0 Å². The zero-order valence-corrected chi connectivity index (χ0v) is 9.69. The quantitative estimate of drug-likeness (QED) is 0.684. The van der Waals surface area contributed by atoms with Gasteiger partial charge in [0, 0.05) is 24.9 Å². The van der Waals surface area contributed by atoms with E-state index in [-0.39, 0.29) is 24.2 Å². The van der Waals surface area contributed by atoms with Crippen molar-refractivity contribution in [3.8, 4) is 0 Å². The van der Waals surface area contributed by atoms with Gasteiger partial charge in [0.1, 0.15) is 0 Å². The molecular formula is C11H20N2O3. The van der Waals surface area contributed by atoms with Gasteiger partial charge in [0.05, 0.1) is 6.42 Å². The Morgan fingerprint density at radius 2 is 2.12 bits per heavy atom. The normalized spacial score (nSPS) is 18.0. The maximum atomic E-state index is 11.8. The lowest BCUT2D eigenvalue weighted by molar-refractivity contribution is -0.147. The van der Waals surface area contributed by atoms with E-state index in [1.807, 2.05) is 6.92 Å². The summed E-state index contributed by atoms with van der Waals surface area (Å²) < 4.78 is 0. The van der Waals surface area contributed by atoms with E-state index >= 15 is 0 Å². The van der Waals surface area contributed by atoms with Crippen molar-refractivity contribution in [3.63, 3.8) is 0 Å². The number of carboxylic acids is 1. The SMILES string of the molecule is CC(CCCN)C(=O)N1CC(CC(=O)O)C1. The summed E-state index contributed by atoms with van der Waals surface area (Å²) in [6.07, 6.45) is 1.84. The van der Waals surface area contributed by atoms with E-state index in [0.29, 0.717) is 19.6 Å². The first-order valence-electron chi connectivity index (χ1n) is 5.75. The van der Waals surface area contributed by atoms with Gasteiger partial charge in [0.2, 0.25) is 5.91 Å². The second-order valence-electron chi connectivity index (χ2n) is 4.54. The molecule has 0 radical (unpaired) electrons. The first-order chi connectivity index (χ1) is 7.54. The third-order valence-corrected chi connectivity index (χ3v) is 2.99. The predicted octanol–water partition coefficient (Wildman–Crippen LogP) is 0.295. The van der Waals surface area contributed by atoms with Crippen LogP contribution < -0.4 is 5.73 Å². The lowest BCUT2D eigenvalue weighted by atomic mass is 9.93. The summed E-state index contributed by atoms with van der Waals surface area (Å²) in [5, 5.41) is 8.58. The monoisotopic (exact) mass is 228 g/mol. The molecule has 1 aliphatic rings. The molecule has 92 valence electrons. The lowest BCUT2D eigenvalue weighted by Gasteiger charge is -2.40. The second-order valence-corrected chi connectivity index (χ2v) is 4.54. The van der Waals surface area contributed by atoms with Crippen LogP contribution in [-0.2, 0) is 9.59 Å². The van der Waals surface area contributed by atoms with Gasteiger partial charge >= 0.3 is 5.97 Å². The highest BCUT2D eigenvalue weighted by Gasteiger charge is 2.33. The Morgan fingerprint density at radius 3 is 2.62 bits per heavy atom. The Hall–Kier alpha value is -1.10. The first kappa shape index (κ1) is 13.0. The Morgan fingerprint density at radius 1 is 1.50 bits per heavy atom. The molecule has 0 saturated carbocycles. The molecule has 0 aromatic heterocycles. The maximum absolute atomic E-state index is 11.8. The van der Waals surface area contributed by atoms with Crippen molar-refractivity contribution in [1.29, 1.82) is 0 Å². The van der Waals surface area contributed by atoms with Crippen LogP contribution in [0.1, 0.15) is 26.2 Å². The molecule has 0 aliphatic carbocycles. The molecule has 1 heterocycles. The van der Waals surface area contributed by atoms with Gasteiger partial charge < -0.3 is 15.7 Å². The molecule has 0 bridgehead atoms.